The average molecular weight is 510 g/mol. The SMILES string of the molecule is CC(C)(C)CC(=O)N(CCc1ccccc1)C1CC(=O)N(c2ccc(-c3nc4ccccc4o3)cc2)C1=O. The van der Waals surface area contributed by atoms with Gasteiger partial charge >= 0.3 is 0 Å². The lowest BCUT2D eigenvalue weighted by Crippen LogP contribution is -2.47. The molecule has 0 bridgehead atoms. The number of amides is 3. The predicted molar refractivity (Wildman–Crippen MR) is 146 cm³/mol. The predicted octanol–water partition coefficient (Wildman–Crippen LogP) is 5.63. The Morgan fingerprint density at radius 1 is 0.974 bits per heavy atom. The fourth-order valence-corrected chi connectivity index (χ4v) is 4.78. The molecule has 1 aliphatic rings. The molecule has 1 aromatic heterocycles. The van der Waals surface area contributed by atoms with E-state index >= 15 is 0 Å². The molecule has 7 nitrogen and oxygen atoms in total. The minimum absolute atomic E-state index is 0.0314. The maximum Gasteiger partial charge on any atom is 0.257 e. The van der Waals surface area contributed by atoms with Gasteiger partial charge < -0.3 is 9.32 Å². The number of fused-ring (bicyclic) bond motifs is 1. The fraction of sp³-hybridized carbons (Fsp3) is 0.290. The summed E-state index contributed by atoms with van der Waals surface area (Å²) in [7, 11) is 0. The molecule has 38 heavy (non-hydrogen) atoms. The number of para-hydroxylation sites is 2. The van der Waals surface area contributed by atoms with Gasteiger partial charge in [-0.2, -0.15) is 0 Å². The zero-order valence-electron chi connectivity index (χ0n) is 21.9. The van der Waals surface area contributed by atoms with E-state index in [2.05, 4.69) is 4.98 Å². The topological polar surface area (TPSA) is 83.7 Å². The van der Waals surface area contributed by atoms with Crippen LogP contribution in [0.2, 0.25) is 0 Å². The highest BCUT2D eigenvalue weighted by Gasteiger charge is 2.44. The summed E-state index contributed by atoms with van der Waals surface area (Å²) in [5, 5.41) is 0. The van der Waals surface area contributed by atoms with Crippen molar-refractivity contribution in [3.8, 4) is 11.5 Å². The maximum absolute atomic E-state index is 13.6. The smallest absolute Gasteiger partial charge is 0.257 e. The van der Waals surface area contributed by atoms with E-state index in [4.69, 9.17) is 4.42 Å². The van der Waals surface area contributed by atoms with Crippen LogP contribution in [0, 0.1) is 5.41 Å². The molecular weight excluding hydrogens is 478 g/mol. The van der Waals surface area contributed by atoms with E-state index in [-0.39, 0.29) is 29.6 Å². The van der Waals surface area contributed by atoms with Gasteiger partial charge in [-0.25, -0.2) is 9.88 Å². The molecule has 1 aliphatic heterocycles. The first-order chi connectivity index (χ1) is 18.2. The van der Waals surface area contributed by atoms with Gasteiger partial charge in [-0.05, 0) is 53.8 Å². The number of aromatic nitrogens is 1. The molecule has 1 unspecified atom stereocenters. The molecule has 1 atom stereocenters. The minimum Gasteiger partial charge on any atom is -0.436 e. The molecule has 0 radical (unpaired) electrons. The molecule has 0 spiro atoms. The van der Waals surface area contributed by atoms with Crippen LogP contribution in [-0.4, -0.2) is 40.2 Å². The fourth-order valence-electron chi connectivity index (χ4n) is 4.78. The average Bonchev–Trinajstić information content (AvgIpc) is 3.44. The third-order valence-electron chi connectivity index (χ3n) is 6.65. The number of oxazole rings is 1. The summed E-state index contributed by atoms with van der Waals surface area (Å²) in [6, 6.07) is 23.5. The van der Waals surface area contributed by atoms with Crippen molar-refractivity contribution in [3.63, 3.8) is 0 Å². The van der Waals surface area contributed by atoms with Crippen molar-refractivity contribution < 1.29 is 18.8 Å². The number of imide groups is 1. The van der Waals surface area contributed by atoms with Gasteiger partial charge in [0.1, 0.15) is 11.6 Å². The van der Waals surface area contributed by atoms with E-state index in [1.54, 1.807) is 29.2 Å². The van der Waals surface area contributed by atoms with Crippen molar-refractivity contribution in [2.24, 2.45) is 5.41 Å². The van der Waals surface area contributed by atoms with Crippen LogP contribution in [0.3, 0.4) is 0 Å². The van der Waals surface area contributed by atoms with E-state index in [1.165, 1.54) is 4.90 Å². The molecule has 3 aromatic carbocycles. The van der Waals surface area contributed by atoms with Crippen molar-refractivity contribution in [2.75, 3.05) is 11.4 Å². The summed E-state index contributed by atoms with van der Waals surface area (Å²) in [6.45, 7) is 6.35. The van der Waals surface area contributed by atoms with Gasteiger partial charge in [-0.1, -0.05) is 63.2 Å². The van der Waals surface area contributed by atoms with E-state index in [0.29, 0.717) is 36.5 Å². The van der Waals surface area contributed by atoms with E-state index < -0.39 is 6.04 Å². The van der Waals surface area contributed by atoms with Crippen molar-refractivity contribution in [1.29, 1.82) is 0 Å². The summed E-state index contributed by atoms with van der Waals surface area (Å²) in [5.74, 6) is -0.342. The normalized spacial score (nSPS) is 15.9. The summed E-state index contributed by atoms with van der Waals surface area (Å²) in [6.07, 6.45) is 0.864. The quantitative estimate of drug-likeness (QED) is 0.301. The lowest BCUT2D eigenvalue weighted by molar-refractivity contribution is -0.139. The highest BCUT2D eigenvalue weighted by Crippen LogP contribution is 2.31. The van der Waals surface area contributed by atoms with Gasteiger partial charge in [0.05, 0.1) is 12.1 Å². The largest absolute Gasteiger partial charge is 0.436 e. The summed E-state index contributed by atoms with van der Waals surface area (Å²) in [4.78, 5) is 47.4. The van der Waals surface area contributed by atoms with Gasteiger partial charge in [0.15, 0.2) is 5.58 Å². The highest BCUT2D eigenvalue weighted by atomic mass is 16.3. The van der Waals surface area contributed by atoms with Crippen LogP contribution in [0.25, 0.3) is 22.6 Å². The van der Waals surface area contributed by atoms with Gasteiger partial charge in [0, 0.05) is 18.5 Å². The van der Waals surface area contributed by atoms with Crippen molar-refractivity contribution in [1.82, 2.24) is 9.88 Å². The number of hydrogen-bond donors (Lipinski definition) is 0. The second-order valence-electron chi connectivity index (χ2n) is 10.9. The molecule has 1 fully saturated rings. The molecule has 1 saturated heterocycles. The minimum atomic E-state index is -0.822. The summed E-state index contributed by atoms with van der Waals surface area (Å²) in [5.41, 5.74) is 3.49. The van der Waals surface area contributed by atoms with Gasteiger partial charge in [-0.3, -0.25) is 14.4 Å². The second kappa shape index (κ2) is 10.2. The molecule has 3 amide bonds. The number of nitrogens with zero attached hydrogens (tertiary/aromatic N) is 3. The van der Waals surface area contributed by atoms with Crippen molar-refractivity contribution in [2.45, 2.75) is 46.1 Å². The van der Waals surface area contributed by atoms with Crippen LogP contribution in [0.1, 0.15) is 39.2 Å². The molecule has 194 valence electrons. The monoisotopic (exact) mass is 509 g/mol. The van der Waals surface area contributed by atoms with Gasteiger partial charge in [-0.15, -0.1) is 0 Å². The summed E-state index contributed by atoms with van der Waals surface area (Å²) >= 11 is 0. The van der Waals surface area contributed by atoms with E-state index in [0.717, 1.165) is 16.6 Å². The molecule has 4 aromatic rings. The standard InChI is InChI=1S/C31H31N3O4/c1-31(2,3)20-28(36)33(18-17-21-9-5-4-6-10-21)25-19-27(35)34(30(25)37)23-15-13-22(14-16-23)29-32-24-11-7-8-12-26(24)38-29/h4-16,25H,17-20H2,1-3H3. The van der Waals surface area contributed by atoms with Crippen LogP contribution in [0.4, 0.5) is 5.69 Å². The van der Waals surface area contributed by atoms with E-state index in [9.17, 15) is 14.4 Å². The number of hydrogen-bond acceptors (Lipinski definition) is 5. The van der Waals surface area contributed by atoms with Crippen LogP contribution in [-0.2, 0) is 20.8 Å². The van der Waals surface area contributed by atoms with Crippen LogP contribution in [0.15, 0.2) is 83.3 Å². The first kappa shape index (κ1) is 25.4. The van der Waals surface area contributed by atoms with Crippen molar-refractivity contribution >= 4 is 34.5 Å². The number of rotatable bonds is 7. The Labute approximate surface area is 222 Å². The molecule has 0 aliphatic carbocycles. The highest BCUT2D eigenvalue weighted by molar-refractivity contribution is 6.23. The first-order valence-corrected chi connectivity index (χ1v) is 12.9. The molecule has 5 rings (SSSR count). The maximum atomic E-state index is 13.6. The Bertz CT molecular complexity index is 1440. The van der Waals surface area contributed by atoms with Gasteiger partial charge in [0.25, 0.3) is 5.91 Å². The lowest BCUT2D eigenvalue weighted by Gasteiger charge is -2.30. The van der Waals surface area contributed by atoms with Crippen LogP contribution in [0.5, 0.6) is 0 Å². The number of anilines is 1. The zero-order valence-corrected chi connectivity index (χ0v) is 21.9. The molecule has 7 heteroatoms. The Morgan fingerprint density at radius 3 is 2.34 bits per heavy atom. The molecule has 2 heterocycles. The lowest BCUT2D eigenvalue weighted by atomic mass is 9.91. The third-order valence-corrected chi connectivity index (χ3v) is 6.65. The third kappa shape index (κ3) is 5.37. The first-order valence-electron chi connectivity index (χ1n) is 12.9. The summed E-state index contributed by atoms with van der Waals surface area (Å²) < 4.78 is 5.84. The Balaban J connectivity index is 1.37. The molecular formula is C31H31N3O4. The zero-order chi connectivity index (χ0) is 26.9. The van der Waals surface area contributed by atoms with Gasteiger partial charge in [0.2, 0.25) is 17.7 Å². The molecule has 0 saturated carbocycles. The number of benzene rings is 3. The Hall–Kier alpha value is -4.26. The van der Waals surface area contributed by atoms with Crippen LogP contribution < -0.4 is 4.90 Å². The Kier molecular flexibility index (Phi) is 6.85. The van der Waals surface area contributed by atoms with E-state index in [1.807, 2.05) is 75.4 Å². The van der Waals surface area contributed by atoms with Crippen LogP contribution >= 0.6 is 0 Å². The Morgan fingerprint density at radius 2 is 1.66 bits per heavy atom. The van der Waals surface area contributed by atoms with Crippen molar-refractivity contribution in [3.05, 3.63) is 84.4 Å². The number of carbonyl (C=O) groups is 3. The number of carbonyl (C=O) groups excluding carboxylic acids is 3. The molecule has 0 N–H and O–H groups in total. The second-order valence-corrected chi connectivity index (χ2v) is 10.9.